The van der Waals surface area contributed by atoms with Gasteiger partial charge in [0.1, 0.15) is 11.6 Å². The van der Waals surface area contributed by atoms with Gasteiger partial charge in [0.15, 0.2) is 0 Å². The van der Waals surface area contributed by atoms with E-state index in [0.717, 1.165) is 6.20 Å². The number of nitrogens with one attached hydrogen (secondary N) is 1. The van der Waals surface area contributed by atoms with Crippen LogP contribution in [0.1, 0.15) is 5.56 Å². The van der Waals surface area contributed by atoms with Crippen molar-refractivity contribution < 1.29 is 17.2 Å². The summed E-state index contributed by atoms with van der Waals surface area (Å²) in [5.41, 5.74) is 0.974. The second kappa shape index (κ2) is 6.89. The van der Waals surface area contributed by atoms with Crippen LogP contribution in [0.2, 0.25) is 0 Å². The molecule has 0 amide bonds. The maximum Gasteiger partial charge on any atom is 0.239 e. The Bertz CT molecular complexity index is 995. The predicted molar refractivity (Wildman–Crippen MR) is 87.9 cm³/mol. The van der Waals surface area contributed by atoms with Crippen molar-refractivity contribution in [1.29, 1.82) is 0 Å². The standard InChI is InChI=1S/C16H12F2N4O2S/c17-14-5-12(6-19-9-14)13-7-20-16(21-8-13)22-25(23,24)10-11-3-1-2-4-15(11)18/h1-9H,10H2,(H,20,21,22). The van der Waals surface area contributed by atoms with Gasteiger partial charge in [0.05, 0.1) is 11.9 Å². The smallest absolute Gasteiger partial charge is 0.239 e. The van der Waals surface area contributed by atoms with Gasteiger partial charge in [-0.3, -0.25) is 9.71 Å². The van der Waals surface area contributed by atoms with Gasteiger partial charge in [0, 0.05) is 35.3 Å². The molecule has 1 N–H and O–H groups in total. The quantitative estimate of drug-likeness (QED) is 0.754. The average Bonchev–Trinajstić information content (AvgIpc) is 2.57. The normalized spacial score (nSPS) is 11.3. The van der Waals surface area contributed by atoms with Crippen molar-refractivity contribution in [3.05, 3.63) is 72.3 Å². The number of aromatic nitrogens is 3. The molecule has 9 heteroatoms. The van der Waals surface area contributed by atoms with Crippen molar-refractivity contribution in [2.45, 2.75) is 5.75 Å². The van der Waals surface area contributed by atoms with E-state index in [4.69, 9.17) is 0 Å². The lowest BCUT2D eigenvalue weighted by Crippen LogP contribution is -2.17. The minimum Gasteiger partial charge on any atom is -0.261 e. The number of benzene rings is 1. The maximum atomic E-state index is 13.6. The van der Waals surface area contributed by atoms with E-state index in [1.807, 2.05) is 0 Å². The molecule has 0 saturated heterocycles. The number of halogens is 2. The molecule has 0 atom stereocenters. The van der Waals surface area contributed by atoms with Crippen molar-refractivity contribution in [3.8, 4) is 11.1 Å². The Hall–Kier alpha value is -2.94. The molecular weight excluding hydrogens is 350 g/mol. The average molecular weight is 362 g/mol. The van der Waals surface area contributed by atoms with E-state index < -0.39 is 27.4 Å². The third kappa shape index (κ3) is 4.32. The van der Waals surface area contributed by atoms with E-state index in [0.29, 0.717) is 11.1 Å². The minimum absolute atomic E-state index is 0.0393. The summed E-state index contributed by atoms with van der Waals surface area (Å²) in [7, 11) is -3.88. The van der Waals surface area contributed by atoms with E-state index in [-0.39, 0.29) is 11.5 Å². The lowest BCUT2D eigenvalue weighted by molar-refractivity contribution is 0.591. The molecule has 0 radical (unpaired) electrons. The zero-order chi connectivity index (χ0) is 17.9. The van der Waals surface area contributed by atoms with E-state index in [1.54, 1.807) is 6.07 Å². The molecule has 2 heterocycles. The first-order valence-electron chi connectivity index (χ1n) is 7.10. The molecule has 6 nitrogen and oxygen atoms in total. The van der Waals surface area contributed by atoms with Crippen molar-refractivity contribution >= 4 is 16.0 Å². The van der Waals surface area contributed by atoms with Gasteiger partial charge in [-0.1, -0.05) is 18.2 Å². The summed E-state index contributed by atoms with van der Waals surface area (Å²) in [4.78, 5) is 11.5. The van der Waals surface area contributed by atoms with Crippen LogP contribution in [0.4, 0.5) is 14.7 Å². The van der Waals surface area contributed by atoms with Crippen LogP contribution in [0.5, 0.6) is 0 Å². The molecule has 2 aromatic heterocycles. The SMILES string of the molecule is O=S(=O)(Cc1ccccc1F)Nc1ncc(-c2cncc(F)c2)cn1. The molecule has 0 aliphatic heterocycles. The topological polar surface area (TPSA) is 84.8 Å². The highest BCUT2D eigenvalue weighted by molar-refractivity contribution is 7.91. The summed E-state index contributed by atoms with van der Waals surface area (Å²) in [6, 6.07) is 6.85. The van der Waals surface area contributed by atoms with Crippen molar-refractivity contribution in [2.75, 3.05) is 4.72 Å². The monoisotopic (exact) mass is 362 g/mol. The van der Waals surface area contributed by atoms with Crippen LogP contribution in [0.15, 0.2) is 55.1 Å². The number of nitrogens with zero attached hydrogens (tertiary/aromatic N) is 3. The number of hydrogen-bond acceptors (Lipinski definition) is 5. The Morgan fingerprint density at radius 1 is 0.960 bits per heavy atom. The minimum atomic E-state index is -3.88. The molecule has 0 aliphatic carbocycles. The van der Waals surface area contributed by atoms with E-state index in [2.05, 4.69) is 19.7 Å². The number of sulfonamides is 1. The molecule has 0 spiro atoms. The predicted octanol–water partition coefficient (Wildman–Crippen LogP) is 2.76. The molecule has 0 fully saturated rings. The maximum absolute atomic E-state index is 13.6. The van der Waals surface area contributed by atoms with Gasteiger partial charge in [-0.2, -0.15) is 0 Å². The number of hydrogen-bond donors (Lipinski definition) is 1. The summed E-state index contributed by atoms with van der Waals surface area (Å²) < 4.78 is 53.1. The van der Waals surface area contributed by atoms with Crippen molar-refractivity contribution in [1.82, 2.24) is 15.0 Å². The largest absolute Gasteiger partial charge is 0.261 e. The van der Waals surface area contributed by atoms with Crippen LogP contribution in [-0.4, -0.2) is 23.4 Å². The number of pyridine rings is 1. The van der Waals surface area contributed by atoms with Gasteiger partial charge in [0.2, 0.25) is 16.0 Å². The van der Waals surface area contributed by atoms with Crippen LogP contribution < -0.4 is 4.72 Å². The molecule has 0 aliphatic rings. The van der Waals surface area contributed by atoms with Gasteiger partial charge in [-0.25, -0.2) is 27.2 Å². The van der Waals surface area contributed by atoms with Gasteiger partial charge < -0.3 is 0 Å². The molecule has 0 unspecified atom stereocenters. The molecule has 0 bridgehead atoms. The lowest BCUT2D eigenvalue weighted by atomic mass is 10.1. The molecule has 1 aromatic carbocycles. The first-order valence-corrected chi connectivity index (χ1v) is 8.75. The fraction of sp³-hybridized carbons (Fsp3) is 0.0625. The lowest BCUT2D eigenvalue weighted by Gasteiger charge is -2.08. The van der Waals surface area contributed by atoms with Crippen molar-refractivity contribution in [3.63, 3.8) is 0 Å². The zero-order valence-electron chi connectivity index (χ0n) is 12.7. The summed E-state index contributed by atoms with van der Waals surface area (Å²) >= 11 is 0. The highest BCUT2D eigenvalue weighted by atomic mass is 32.2. The Morgan fingerprint density at radius 2 is 1.68 bits per heavy atom. The summed E-state index contributed by atoms with van der Waals surface area (Å²) in [6.07, 6.45) is 5.17. The molecule has 128 valence electrons. The third-order valence-corrected chi connectivity index (χ3v) is 4.42. The van der Waals surface area contributed by atoms with Crippen LogP contribution in [0.25, 0.3) is 11.1 Å². The first-order chi connectivity index (χ1) is 11.9. The van der Waals surface area contributed by atoms with Crippen LogP contribution in [-0.2, 0) is 15.8 Å². The van der Waals surface area contributed by atoms with E-state index >= 15 is 0 Å². The van der Waals surface area contributed by atoms with Gasteiger partial charge in [-0.05, 0) is 12.1 Å². The Balaban J connectivity index is 1.75. The molecule has 3 rings (SSSR count). The number of rotatable bonds is 5. The molecule has 3 aromatic rings. The second-order valence-electron chi connectivity index (χ2n) is 5.14. The molecule has 25 heavy (non-hydrogen) atoms. The highest BCUT2D eigenvalue weighted by Crippen LogP contribution is 2.18. The van der Waals surface area contributed by atoms with Crippen LogP contribution >= 0.6 is 0 Å². The van der Waals surface area contributed by atoms with Crippen LogP contribution in [0, 0.1) is 11.6 Å². The second-order valence-corrected chi connectivity index (χ2v) is 6.86. The summed E-state index contributed by atoms with van der Waals surface area (Å²) in [6.45, 7) is 0. The fourth-order valence-corrected chi connectivity index (χ4v) is 3.19. The Morgan fingerprint density at radius 3 is 2.36 bits per heavy atom. The van der Waals surface area contributed by atoms with Gasteiger partial charge in [-0.15, -0.1) is 0 Å². The molecular formula is C16H12F2N4O2S. The van der Waals surface area contributed by atoms with E-state index in [1.165, 1.54) is 42.9 Å². The van der Waals surface area contributed by atoms with Crippen LogP contribution in [0.3, 0.4) is 0 Å². The third-order valence-electron chi connectivity index (χ3n) is 3.24. The summed E-state index contributed by atoms with van der Waals surface area (Å²) in [5.74, 6) is -1.82. The van der Waals surface area contributed by atoms with Crippen molar-refractivity contribution in [2.24, 2.45) is 0 Å². The first kappa shape index (κ1) is 16.9. The molecule has 0 saturated carbocycles. The summed E-state index contributed by atoms with van der Waals surface area (Å²) in [5, 5.41) is 0. The fourth-order valence-electron chi connectivity index (χ4n) is 2.09. The van der Waals surface area contributed by atoms with Gasteiger partial charge in [0.25, 0.3) is 0 Å². The highest BCUT2D eigenvalue weighted by Gasteiger charge is 2.16. The van der Waals surface area contributed by atoms with Gasteiger partial charge >= 0.3 is 0 Å². The number of anilines is 1. The Labute approximate surface area is 142 Å². The van der Waals surface area contributed by atoms with E-state index in [9.17, 15) is 17.2 Å². The Kier molecular flexibility index (Phi) is 4.66. The zero-order valence-corrected chi connectivity index (χ0v) is 13.5.